The number of hydrogen-bond donors (Lipinski definition) is 0. The molecule has 0 aliphatic heterocycles. The van der Waals surface area contributed by atoms with Crippen molar-refractivity contribution < 1.29 is 19.1 Å². The second-order valence-electron chi connectivity index (χ2n) is 3.53. The van der Waals surface area contributed by atoms with Crippen molar-refractivity contribution >= 4 is 11.9 Å². The Hall–Kier alpha value is -1.84. The second kappa shape index (κ2) is 5.90. The van der Waals surface area contributed by atoms with E-state index in [1.807, 2.05) is 0 Å². The van der Waals surface area contributed by atoms with E-state index in [0.29, 0.717) is 5.56 Å². The van der Waals surface area contributed by atoms with Crippen LogP contribution in [0.15, 0.2) is 30.3 Å². The molecule has 0 amide bonds. The molecule has 1 aromatic carbocycles. The van der Waals surface area contributed by atoms with Gasteiger partial charge in [0.25, 0.3) is 0 Å². The van der Waals surface area contributed by atoms with Crippen molar-refractivity contribution in [1.29, 1.82) is 0 Å². The van der Waals surface area contributed by atoms with Crippen molar-refractivity contribution in [2.75, 3.05) is 6.79 Å². The summed E-state index contributed by atoms with van der Waals surface area (Å²) in [6, 6.07) is 8.53. The number of esters is 2. The first-order chi connectivity index (χ1) is 7.61. The first-order valence-electron chi connectivity index (χ1n) is 5.00. The Morgan fingerprint density at radius 1 is 1.12 bits per heavy atom. The maximum atomic E-state index is 11.4. The van der Waals surface area contributed by atoms with Gasteiger partial charge < -0.3 is 9.47 Å². The Labute approximate surface area is 94.2 Å². The van der Waals surface area contributed by atoms with Crippen LogP contribution in [0.3, 0.4) is 0 Å². The van der Waals surface area contributed by atoms with Crippen molar-refractivity contribution in [2.24, 2.45) is 5.92 Å². The Morgan fingerprint density at radius 3 is 2.31 bits per heavy atom. The lowest BCUT2D eigenvalue weighted by Gasteiger charge is -2.07. The lowest BCUT2D eigenvalue weighted by Crippen LogP contribution is -2.16. The third kappa shape index (κ3) is 3.73. The van der Waals surface area contributed by atoms with Crippen LogP contribution in [0.2, 0.25) is 0 Å². The van der Waals surface area contributed by atoms with Crippen LogP contribution in [0.25, 0.3) is 0 Å². The highest BCUT2D eigenvalue weighted by Crippen LogP contribution is 2.02. The summed E-state index contributed by atoms with van der Waals surface area (Å²) in [7, 11) is 0. The minimum Gasteiger partial charge on any atom is -0.428 e. The number of benzene rings is 1. The molecule has 16 heavy (non-hydrogen) atoms. The molecule has 0 radical (unpaired) electrons. The second-order valence-corrected chi connectivity index (χ2v) is 3.53. The zero-order valence-corrected chi connectivity index (χ0v) is 9.30. The van der Waals surface area contributed by atoms with Crippen LogP contribution in [0.4, 0.5) is 0 Å². The first kappa shape index (κ1) is 12.2. The monoisotopic (exact) mass is 222 g/mol. The van der Waals surface area contributed by atoms with Gasteiger partial charge in [-0.1, -0.05) is 32.0 Å². The fourth-order valence-corrected chi connectivity index (χ4v) is 0.965. The van der Waals surface area contributed by atoms with Crippen LogP contribution in [-0.4, -0.2) is 18.7 Å². The number of carbonyl (C=O) groups is 2. The van der Waals surface area contributed by atoms with Gasteiger partial charge >= 0.3 is 11.9 Å². The maximum absolute atomic E-state index is 11.4. The summed E-state index contributed by atoms with van der Waals surface area (Å²) in [6.07, 6.45) is 0. The van der Waals surface area contributed by atoms with Gasteiger partial charge in [-0.3, -0.25) is 4.79 Å². The van der Waals surface area contributed by atoms with Crippen molar-refractivity contribution in [3.05, 3.63) is 35.9 Å². The average molecular weight is 222 g/mol. The smallest absolute Gasteiger partial charge is 0.340 e. The molecule has 1 aromatic rings. The van der Waals surface area contributed by atoms with Gasteiger partial charge in [0.05, 0.1) is 11.5 Å². The summed E-state index contributed by atoms with van der Waals surface area (Å²) >= 11 is 0. The molecular formula is C12H14O4. The third-order valence-corrected chi connectivity index (χ3v) is 1.87. The van der Waals surface area contributed by atoms with E-state index in [1.54, 1.807) is 44.2 Å². The molecule has 0 fully saturated rings. The van der Waals surface area contributed by atoms with Crippen LogP contribution in [0.5, 0.6) is 0 Å². The van der Waals surface area contributed by atoms with Gasteiger partial charge in [-0.15, -0.1) is 0 Å². The summed E-state index contributed by atoms with van der Waals surface area (Å²) in [4.78, 5) is 22.4. The molecular weight excluding hydrogens is 208 g/mol. The van der Waals surface area contributed by atoms with Crippen LogP contribution in [0.1, 0.15) is 24.2 Å². The molecule has 0 atom stereocenters. The largest absolute Gasteiger partial charge is 0.428 e. The Balaban J connectivity index is 2.34. The number of ether oxygens (including phenoxy) is 2. The molecule has 4 nitrogen and oxygen atoms in total. The fraction of sp³-hybridized carbons (Fsp3) is 0.333. The maximum Gasteiger partial charge on any atom is 0.340 e. The summed E-state index contributed by atoms with van der Waals surface area (Å²) in [5.74, 6) is -1.12. The van der Waals surface area contributed by atoms with Gasteiger partial charge in [-0.05, 0) is 12.1 Å². The standard InChI is InChI=1S/C12H14O4/c1-9(2)11(13)15-8-16-12(14)10-6-4-3-5-7-10/h3-7,9H,8H2,1-2H3. The number of rotatable bonds is 4. The zero-order chi connectivity index (χ0) is 12.0. The van der Waals surface area contributed by atoms with E-state index in [2.05, 4.69) is 0 Å². The van der Waals surface area contributed by atoms with Crippen LogP contribution < -0.4 is 0 Å². The van der Waals surface area contributed by atoms with Crippen molar-refractivity contribution in [1.82, 2.24) is 0 Å². The minimum atomic E-state index is -0.503. The van der Waals surface area contributed by atoms with Crippen LogP contribution in [0, 0.1) is 5.92 Å². The highest BCUT2D eigenvalue weighted by molar-refractivity contribution is 5.89. The third-order valence-electron chi connectivity index (χ3n) is 1.87. The molecule has 4 heteroatoms. The summed E-state index contributed by atoms with van der Waals surface area (Å²) in [5, 5.41) is 0. The van der Waals surface area contributed by atoms with Crippen LogP contribution in [-0.2, 0) is 14.3 Å². The average Bonchev–Trinajstić information content (AvgIpc) is 2.29. The van der Waals surface area contributed by atoms with E-state index in [0.717, 1.165) is 0 Å². The Bertz CT molecular complexity index is 357. The first-order valence-corrected chi connectivity index (χ1v) is 5.00. The molecule has 0 bridgehead atoms. The topological polar surface area (TPSA) is 52.6 Å². The molecule has 0 spiro atoms. The zero-order valence-electron chi connectivity index (χ0n) is 9.30. The minimum absolute atomic E-state index is 0.226. The Morgan fingerprint density at radius 2 is 1.75 bits per heavy atom. The van der Waals surface area contributed by atoms with Crippen molar-refractivity contribution in [3.8, 4) is 0 Å². The summed E-state index contributed by atoms with van der Waals surface area (Å²) < 4.78 is 9.48. The van der Waals surface area contributed by atoms with Gasteiger partial charge in [-0.2, -0.15) is 0 Å². The van der Waals surface area contributed by atoms with Gasteiger partial charge in [0, 0.05) is 0 Å². The van der Waals surface area contributed by atoms with E-state index >= 15 is 0 Å². The molecule has 0 saturated carbocycles. The molecule has 0 aliphatic carbocycles. The van der Waals surface area contributed by atoms with E-state index in [9.17, 15) is 9.59 Å². The van der Waals surface area contributed by atoms with Crippen LogP contribution >= 0.6 is 0 Å². The molecule has 0 aliphatic rings. The molecule has 0 unspecified atom stereocenters. The summed E-state index contributed by atoms with van der Waals surface area (Å²) in [6.45, 7) is 3.08. The molecule has 1 rings (SSSR count). The van der Waals surface area contributed by atoms with Crippen molar-refractivity contribution in [3.63, 3.8) is 0 Å². The van der Waals surface area contributed by atoms with Gasteiger partial charge in [0.2, 0.25) is 6.79 Å². The molecule has 86 valence electrons. The van der Waals surface area contributed by atoms with E-state index in [-0.39, 0.29) is 18.7 Å². The number of hydrogen-bond acceptors (Lipinski definition) is 4. The highest BCUT2D eigenvalue weighted by Gasteiger charge is 2.10. The predicted octanol–water partition coefficient (Wildman–Crippen LogP) is 2.00. The molecule has 0 saturated heterocycles. The molecule has 0 aromatic heterocycles. The normalized spacial score (nSPS) is 9.94. The van der Waals surface area contributed by atoms with Gasteiger partial charge in [0.15, 0.2) is 0 Å². The van der Waals surface area contributed by atoms with E-state index in [1.165, 1.54) is 0 Å². The number of carbonyl (C=O) groups excluding carboxylic acids is 2. The molecule has 0 N–H and O–H groups in total. The van der Waals surface area contributed by atoms with E-state index < -0.39 is 5.97 Å². The summed E-state index contributed by atoms with van der Waals surface area (Å²) in [5.41, 5.74) is 0.433. The Kier molecular flexibility index (Phi) is 4.51. The molecule has 0 heterocycles. The predicted molar refractivity (Wildman–Crippen MR) is 57.7 cm³/mol. The SMILES string of the molecule is CC(C)C(=O)OCOC(=O)c1ccccc1. The highest BCUT2D eigenvalue weighted by atomic mass is 16.7. The van der Waals surface area contributed by atoms with Gasteiger partial charge in [0.1, 0.15) is 0 Å². The quantitative estimate of drug-likeness (QED) is 0.577. The van der Waals surface area contributed by atoms with Crippen molar-refractivity contribution in [2.45, 2.75) is 13.8 Å². The lowest BCUT2D eigenvalue weighted by atomic mass is 10.2. The van der Waals surface area contributed by atoms with Gasteiger partial charge in [-0.25, -0.2) is 4.79 Å². The van der Waals surface area contributed by atoms with E-state index in [4.69, 9.17) is 9.47 Å². The lowest BCUT2D eigenvalue weighted by molar-refractivity contribution is -0.155. The fourth-order valence-electron chi connectivity index (χ4n) is 0.965.